The first kappa shape index (κ1) is 25.5. The Hall–Kier alpha value is -1.79. The van der Waals surface area contributed by atoms with Gasteiger partial charge in [0, 0.05) is 30.9 Å². The lowest BCUT2D eigenvalue weighted by atomic mass is 9.47. The number of carbonyl (C=O) groups excluding carboxylic acids is 1. The lowest BCUT2D eigenvalue weighted by molar-refractivity contribution is -0.208. The second-order valence-electron chi connectivity index (χ2n) is 12.9. The van der Waals surface area contributed by atoms with Gasteiger partial charge in [0.2, 0.25) is 0 Å². The highest BCUT2D eigenvalue weighted by Crippen LogP contribution is 2.72. The summed E-state index contributed by atoms with van der Waals surface area (Å²) in [6.07, 6.45) is 8.65. The van der Waals surface area contributed by atoms with Crippen molar-refractivity contribution in [1.29, 1.82) is 0 Å². The number of hydrogen-bond donors (Lipinski definition) is 2. The first-order valence-corrected chi connectivity index (χ1v) is 14.3. The van der Waals surface area contributed by atoms with Crippen LogP contribution >= 0.6 is 0 Å². The quantitative estimate of drug-likeness (QED) is 0.395. The number of aliphatic hydroxyl groups excluding tert-OH is 1. The molecule has 1 aromatic carbocycles. The van der Waals surface area contributed by atoms with Crippen molar-refractivity contribution in [3.05, 3.63) is 58.7 Å². The van der Waals surface area contributed by atoms with E-state index in [2.05, 4.69) is 32.6 Å². The standard InChI is InChI=1S/C32H42O5/c1-21(11-15-33)29(2)12-9-26-24-8-13-31(35)20-32(36-16-17-37-32)14-10-27(31)28(24)25(18-30(26,29)3)23-6-4-22(19-34)5-7-23/h4-7,19,24-26,33,35H,1,8-18,20H2,2-3H3/t24?,25-,26?,29+,30+,31-/m1/s1. The van der Waals surface area contributed by atoms with Gasteiger partial charge in [0.05, 0.1) is 18.8 Å². The van der Waals surface area contributed by atoms with Crippen LogP contribution in [0.5, 0.6) is 0 Å². The highest BCUT2D eigenvalue weighted by atomic mass is 16.7. The summed E-state index contributed by atoms with van der Waals surface area (Å²) in [5.41, 5.74) is 4.92. The highest BCUT2D eigenvalue weighted by molar-refractivity contribution is 5.74. The van der Waals surface area contributed by atoms with E-state index in [0.717, 1.165) is 51.2 Å². The van der Waals surface area contributed by atoms with Gasteiger partial charge in [-0.2, -0.15) is 0 Å². The SMILES string of the molecule is C=C(CCO)[C@]1(C)CCC2C3CC[C@@]4(O)CC5(CCC4=C3[C@@H](c3ccc(C=O)cc3)C[C@@]21C)OCCO5. The number of aldehydes is 1. The molecule has 0 amide bonds. The molecule has 1 aromatic rings. The summed E-state index contributed by atoms with van der Waals surface area (Å²) in [5, 5.41) is 21.9. The van der Waals surface area contributed by atoms with Crippen molar-refractivity contribution < 1.29 is 24.5 Å². The zero-order valence-electron chi connectivity index (χ0n) is 22.4. The fourth-order valence-electron chi connectivity index (χ4n) is 9.35. The molecule has 200 valence electrons. The Bertz CT molecular complexity index is 1110. The summed E-state index contributed by atoms with van der Waals surface area (Å²) in [6, 6.07) is 8.11. The van der Waals surface area contributed by atoms with Crippen LogP contribution in [0.2, 0.25) is 0 Å². The van der Waals surface area contributed by atoms with Crippen LogP contribution in [-0.2, 0) is 9.47 Å². The number of benzene rings is 1. The first-order chi connectivity index (χ1) is 17.7. The summed E-state index contributed by atoms with van der Waals surface area (Å²) in [4.78, 5) is 11.4. The summed E-state index contributed by atoms with van der Waals surface area (Å²) < 4.78 is 12.1. The number of aliphatic hydroxyl groups is 2. The molecule has 1 spiro atoms. The molecule has 4 fully saturated rings. The van der Waals surface area contributed by atoms with Gasteiger partial charge in [0.1, 0.15) is 6.29 Å². The predicted molar refractivity (Wildman–Crippen MR) is 142 cm³/mol. The molecule has 0 aromatic heterocycles. The van der Waals surface area contributed by atoms with E-state index in [9.17, 15) is 15.0 Å². The van der Waals surface area contributed by atoms with Gasteiger partial charge in [-0.15, -0.1) is 0 Å². The van der Waals surface area contributed by atoms with Crippen molar-refractivity contribution >= 4 is 6.29 Å². The van der Waals surface area contributed by atoms with E-state index in [1.165, 1.54) is 22.3 Å². The molecule has 2 N–H and O–H groups in total. The number of hydrogen-bond acceptors (Lipinski definition) is 5. The fraction of sp³-hybridized carbons (Fsp3) is 0.656. The topological polar surface area (TPSA) is 76.0 Å². The van der Waals surface area contributed by atoms with Gasteiger partial charge >= 0.3 is 0 Å². The van der Waals surface area contributed by atoms with Crippen molar-refractivity contribution in [3.63, 3.8) is 0 Å². The Labute approximate surface area is 220 Å². The maximum atomic E-state index is 12.2. The van der Waals surface area contributed by atoms with E-state index in [-0.39, 0.29) is 23.4 Å². The van der Waals surface area contributed by atoms with Crippen molar-refractivity contribution in [2.24, 2.45) is 22.7 Å². The molecule has 6 atom stereocenters. The Morgan fingerprint density at radius 2 is 1.84 bits per heavy atom. The average molecular weight is 507 g/mol. The Kier molecular flexibility index (Phi) is 6.11. The van der Waals surface area contributed by atoms with Gasteiger partial charge < -0.3 is 19.7 Å². The molecule has 3 saturated carbocycles. The Morgan fingerprint density at radius 1 is 1.11 bits per heavy atom. The first-order valence-electron chi connectivity index (χ1n) is 14.3. The Morgan fingerprint density at radius 3 is 2.51 bits per heavy atom. The van der Waals surface area contributed by atoms with E-state index in [4.69, 9.17) is 9.47 Å². The molecular formula is C32H42O5. The van der Waals surface area contributed by atoms with Crippen molar-refractivity contribution in [3.8, 4) is 0 Å². The number of ether oxygens (including phenoxy) is 2. The van der Waals surface area contributed by atoms with E-state index < -0.39 is 11.4 Å². The van der Waals surface area contributed by atoms with Gasteiger partial charge in [-0.05, 0) is 78.7 Å². The van der Waals surface area contributed by atoms with Crippen molar-refractivity contribution in [2.45, 2.75) is 88.9 Å². The summed E-state index contributed by atoms with van der Waals surface area (Å²) >= 11 is 0. The van der Waals surface area contributed by atoms with Crippen LogP contribution in [0, 0.1) is 22.7 Å². The normalized spacial score (nSPS) is 40.3. The lowest BCUT2D eigenvalue weighted by Gasteiger charge is -2.58. The van der Waals surface area contributed by atoms with Crippen LogP contribution in [0.4, 0.5) is 0 Å². The molecule has 5 heteroatoms. The zero-order chi connectivity index (χ0) is 26.1. The van der Waals surface area contributed by atoms with Crippen molar-refractivity contribution in [1.82, 2.24) is 0 Å². The van der Waals surface area contributed by atoms with E-state index >= 15 is 0 Å². The van der Waals surface area contributed by atoms with Crippen molar-refractivity contribution in [2.75, 3.05) is 19.8 Å². The maximum absolute atomic E-state index is 12.2. The fourth-order valence-corrected chi connectivity index (χ4v) is 9.35. The van der Waals surface area contributed by atoms with Gasteiger partial charge in [0.25, 0.3) is 0 Å². The van der Waals surface area contributed by atoms with E-state index in [0.29, 0.717) is 43.5 Å². The molecule has 37 heavy (non-hydrogen) atoms. The van der Waals surface area contributed by atoms with Crippen LogP contribution in [0.1, 0.15) is 93.5 Å². The molecule has 1 heterocycles. The van der Waals surface area contributed by atoms with Gasteiger partial charge in [-0.25, -0.2) is 0 Å². The second-order valence-corrected chi connectivity index (χ2v) is 12.9. The smallest absolute Gasteiger partial charge is 0.171 e. The number of fused-ring (bicyclic) bond motifs is 4. The highest BCUT2D eigenvalue weighted by Gasteiger charge is 2.64. The monoisotopic (exact) mass is 506 g/mol. The number of carbonyl (C=O) groups is 1. The Balaban J connectivity index is 1.47. The van der Waals surface area contributed by atoms with Crippen LogP contribution in [-0.4, -0.2) is 47.7 Å². The molecule has 0 bridgehead atoms. The van der Waals surface area contributed by atoms with E-state index in [1.807, 2.05) is 12.1 Å². The molecule has 0 radical (unpaired) electrons. The zero-order valence-corrected chi connectivity index (χ0v) is 22.4. The molecular weight excluding hydrogens is 464 g/mol. The van der Waals surface area contributed by atoms with Gasteiger partial charge in [-0.1, -0.05) is 55.8 Å². The number of rotatable bonds is 5. The van der Waals surface area contributed by atoms with Gasteiger partial charge in [-0.3, -0.25) is 4.79 Å². The number of allylic oxidation sites excluding steroid dienone is 1. The lowest BCUT2D eigenvalue weighted by Crippen LogP contribution is -2.54. The van der Waals surface area contributed by atoms with Gasteiger partial charge in [0.15, 0.2) is 5.79 Å². The third kappa shape index (κ3) is 3.68. The molecule has 5 nitrogen and oxygen atoms in total. The maximum Gasteiger partial charge on any atom is 0.171 e. The second kappa shape index (κ2) is 8.87. The minimum Gasteiger partial charge on any atom is -0.396 e. The van der Waals surface area contributed by atoms with Crippen LogP contribution < -0.4 is 0 Å². The summed E-state index contributed by atoms with van der Waals surface area (Å²) in [6.45, 7) is 10.7. The molecule has 5 aliphatic rings. The molecule has 2 unspecified atom stereocenters. The summed E-state index contributed by atoms with van der Waals surface area (Å²) in [5.74, 6) is 0.505. The molecule has 4 aliphatic carbocycles. The molecule has 1 aliphatic heterocycles. The van der Waals surface area contributed by atoms with Crippen LogP contribution in [0.3, 0.4) is 0 Å². The van der Waals surface area contributed by atoms with Crippen LogP contribution in [0.25, 0.3) is 0 Å². The molecule has 6 rings (SSSR count). The minimum atomic E-state index is -0.883. The van der Waals surface area contributed by atoms with E-state index in [1.54, 1.807) is 0 Å². The average Bonchev–Trinajstić information content (AvgIpc) is 3.45. The predicted octanol–water partition coefficient (Wildman–Crippen LogP) is 5.71. The third-order valence-corrected chi connectivity index (χ3v) is 11.5. The largest absolute Gasteiger partial charge is 0.396 e. The third-order valence-electron chi connectivity index (χ3n) is 11.5. The minimum absolute atomic E-state index is 0.0342. The molecule has 1 saturated heterocycles. The van der Waals surface area contributed by atoms with Crippen LogP contribution in [0.15, 0.2) is 47.6 Å². The summed E-state index contributed by atoms with van der Waals surface area (Å²) in [7, 11) is 0.